The van der Waals surface area contributed by atoms with Crippen LogP contribution in [0.1, 0.15) is 44.9 Å². The molecule has 1 aliphatic carbocycles. The van der Waals surface area contributed by atoms with E-state index in [4.69, 9.17) is 17.0 Å². The number of nitrogens with one attached hydrogen (secondary N) is 1. The minimum absolute atomic E-state index is 0.103. The lowest BCUT2D eigenvalue weighted by Gasteiger charge is -2.23. The summed E-state index contributed by atoms with van der Waals surface area (Å²) in [6.07, 6.45) is 11.8. The fourth-order valence-electron chi connectivity index (χ4n) is 3.34. The topological polar surface area (TPSA) is 72.5 Å². The summed E-state index contributed by atoms with van der Waals surface area (Å²) in [4.78, 5) is 13.0. The van der Waals surface area contributed by atoms with Gasteiger partial charge in [-0.2, -0.15) is 4.72 Å². The Hall–Kier alpha value is -0.540. The maximum absolute atomic E-state index is 12.5. The van der Waals surface area contributed by atoms with E-state index >= 15 is 0 Å². The third-order valence-electron chi connectivity index (χ3n) is 4.76. The van der Waals surface area contributed by atoms with Crippen LogP contribution in [0.25, 0.3) is 0 Å². The van der Waals surface area contributed by atoms with Crippen molar-refractivity contribution in [3.05, 3.63) is 23.1 Å². The van der Waals surface area contributed by atoms with Gasteiger partial charge in [-0.3, -0.25) is 4.79 Å². The monoisotopic (exact) mass is 401 g/mol. The molecular formula is C17H23NO4S3. The number of hydrogen-bond donors (Lipinski definition) is 1. The number of ketones is 1. The van der Waals surface area contributed by atoms with Gasteiger partial charge in [0, 0.05) is 6.61 Å². The molecule has 5 nitrogen and oxygen atoms in total. The van der Waals surface area contributed by atoms with E-state index in [2.05, 4.69) is 4.72 Å². The number of carbonyl (C=O) groups is 1. The Balaban J connectivity index is 1.64. The van der Waals surface area contributed by atoms with Crippen molar-refractivity contribution in [1.82, 2.24) is 4.72 Å². The highest BCUT2D eigenvalue weighted by Gasteiger charge is 2.39. The molecule has 2 saturated heterocycles. The smallest absolute Gasteiger partial charge is 0.215 e. The first-order chi connectivity index (χ1) is 12.0. The van der Waals surface area contributed by atoms with Crippen molar-refractivity contribution in [1.29, 1.82) is 0 Å². The van der Waals surface area contributed by atoms with E-state index in [0.717, 1.165) is 38.7 Å². The molecule has 8 heteroatoms. The highest BCUT2D eigenvalue weighted by Crippen LogP contribution is 2.32. The van der Waals surface area contributed by atoms with Crippen LogP contribution in [-0.2, 0) is 19.6 Å². The summed E-state index contributed by atoms with van der Waals surface area (Å²) >= 11 is 6.42. The lowest BCUT2D eigenvalue weighted by molar-refractivity contribution is -0.114. The van der Waals surface area contributed by atoms with E-state index in [1.807, 2.05) is 6.08 Å². The predicted octanol–water partition coefficient (Wildman–Crippen LogP) is 2.87. The molecule has 1 N–H and O–H groups in total. The minimum Gasteiger partial charge on any atom is -0.374 e. The van der Waals surface area contributed by atoms with Crippen molar-refractivity contribution in [3.63, 3.8) is 0 Å². The lowest BCUT2D eigenvalue weighted by Crippen LogP contribution is -2.46. The summed E-state index contributed by atoms with van der Waals surface area (Å²) < 4.78 is 33.5. The zero-order valence-corrected chi connectivity index (χ0v) is 16.4. The lowest BCUT2D eigenvalue weighted by atomic mass is 10.0. The summed E-state index contributed by atoms with van der Waals surface area (Å²) in [6.45, 7) is 0.772. The average Bonchev–Trinajstić information content (AvgIpc) is 3.20. The molecule has 0 aromatic heterocycles. The van der Waals surface area contributed by atoms with E-state index in [0.29, 0.717) is 21.9 Å². The Morgan fingerprint density at radius 2 is 1.92 bits per heavy atom. The molecule has 3 rings (SSSR count). The molecule has 2 heterocycles. The molecule has 2 atom stereocenters. The fourth-order valence-corrected chi connectivity index (χ4v) is 6.49. The highest BCUT2D eigenvalue weighted by molar-refractivity contribution is 8.27. The number of thiocarbonyl (C=S) groups is 1. The molecule has 0 aromatic rings. The summed E-state index contributed by atoms with van der Waals surface area (Å²) in [5.74, 6) is -0.258. The van der Waals surface area contributed by atoms with Crippen LogP contribution in [-0.4, -0.2) is 42.4 Å². The predicted molar refractivity (Wildman–Crippen MR) is 104 cm³/mol. The summed E-state index contributed by atoms with van der Waals surface area (Å²) in [6, 6.07) is -0.922. The second-order valence-electron chi connectivity index (χ2n) is 6.61. The molecule has 0 spiro atoms. The van der Waals surface area contributed by atoms with Gasteiger partial charge in [0.15, 0.2) is 5.78 Å². The largest absolute Gasteiger partial charge is 0.374 e. The van der Waals surface area contributed by atoms with E-state index in [-0.39, 0.29) is 11.9 Å². The van der Waals surface area contributed by atoms with Crippen molar-refractivity contribution >= 4 is 44.0 Å². The van der Waals surface area contributed by atoms with Gasteiger partial charge in [0.1, 0.15) is 6.04 Å². The summed E-state index contributed by atoms with van der Waals surface area (Å²) in [5.41, 5.74) is 0. The van der Waals surface area contributed by atoms with Crippen LogP contribution in [0.2, 0.25) is 0 Å². The molecule has 1 saturated carbocycles. The van der Waals surface area contributed by atoms with E-state index in [1.165, 1.54) is 11.8 Å². The van der Waals surface area contributed by atoms with Crippen molar-refractivity contribution < 1.29 is 17.9 Å². The van der Waals surface area contributed by atoms with Gasteiger partial charge in [0.25, 0.3) is 0 Å². The second kappa shape index (κ2) is 8.43. The Morgan fingerprint density at radius 1 is 1.16 bits per heavy atom. The van der Waals surface area contributed by atoms with Gasteiger partial charge in [-0.15, -0.1) is 0 Å². The van der Waals surface area contributed by atoms with Crippen molar-refractivity contribution in [2.75, 3.05) is 6.61 Å². The Bertz CT molecular complexity index is 687. The molecule has 3 fully saturated rings. The maximum Gasteiger partial charge on any atom is 0.215 e. The van der Waals surface area contributed by atoms with Gasteiger partial charge in [0.05, 0.1) is 20.5 Å². The number of thioether (sulfide) groups is 1. The molecule has 0 bridgehead atoms. The van der Waals surface area contributed by atoms with Gasteiger partial charge < -0.3 is 4.74 Å². The van der Waals surface area contributed by atoms with Gasteiger partial charge in [-0.05, 0) is 31.8 Å². The zero-order valence-electron chi connectivity index (χ0n) is 14.0. The average molecular weight is 402 g/mol. The van der Waals surface area contributed by atoms with E-state index in [1.54, 1.807) is 12.2 Å². The van der Waals surface area contributed by atoms with Crippen molar-refractivity contribution in [3.8, 4) is 0 Å². The van der Waals surface area contributed by atoms with Crippen LogP contribution in [0, 0.1) is 0 Å². The summed E-state index contributed by atoms with van der Waals surface area (Å²) in [5, 5.41) is -0.408. The van der Waals surface area contributed by atoms with Gasteiger partial charge in [-0.1, -0.05) is 55.4 Å². The van der Waals surface area contributed by atoms with Gasteiger partial charge >= 0.3 is 0 Å². The number of rotatable bonds is 5. The molecule has 138 valence electrons. The van der Waals surface area contributed by atoms with Gasteiger partial charge in [-0.25, -0.2) is 8.42 Å². The zero-order chi connectivity index (χ0) is 17.9. The molecule has 0 aromatic carbocycles. The summed E-state index contributed by atoms with van der Waals surface area (Å²) in [7, 11) is -3.53. The first kappa shape index (κ1) is 19.2. The Labute approximate surface area is 158 Å². The van der Waals surface area contributed by atoms with Crippen LogP contribution in [0.15, 0.2) is 23.1 Å². The number of hydrogen-bond acceptors (Lipinski definition) is 6. The molecule has 2 aliphatic heterocycles. The van der Waals surface area contributed by atoms with Crippen LogP contribution in [0.3, 0.4) is 0 Å². The minimum atomic E-state index is -3.53. The van der Waals surface area contributed by atoms with E-state index < -0.39 is 21.3 Å². The van der Waals surface area contributed by atoms with Crippen molar-refractivity contribution in [2.45, 2.75) is 62.3 Å². The third-order valence-corrected chi connectivity index (χ3v) is 8.16. The first-order valence-corrected chi connectivity index (χ1v) is 11.5. The normalized spacial score (nSPS) is 30.8. The molecule has 2 unspecified atom stereocenters. The maximum atomic E-state index is 12.5. The van der Waals surface area contributed by atoms with Crippen LogP contribution >= 0.6 is 24.0 Å². The molecule has 3 aliphatic rings. The Kier molecular flexibility index (Phi) is 6.49. The van der Waals surface area contributed by atoms with Crippen LogP contribution in [0.5, 0.6) is 0 Å². The molecular weight excluding hydrogens is 378 g/mol. The molecule has 0 amide bonds. The number of ether oxygens (including phenoxy) is 1. The molecule has 0 radical (unpaired) electrons. The number of allylic oxidation sites excluding steroid dienone is 2. The third kappa shape index (κ3) is 4.80. The number of carbonyl (C=O) groups excluding carboxylic acids is 1. The highest BCUT2D eigenvalue weighted by atomic mass is 32.2. The standard InChI is InChI=1S/C17H23NO4S3/c19-16-14(10-4-6-12-7-5-11-22-12)24-17(23)15(16)18-25(20,21)13-8-2-1-3-9-13/h4,6,10,12-13,15,18H,1-3,5,7-9,11H2/b6-4+,14-10+. The fraction of sp³-hybridized carbons (Fsp3) is 0.647. The second-order valence-corrected chi connectivity index (χ2v) is 10.4. The van der Waals surface area contributed by atoms with Gasteiger partial charge in [0.2, 0.25) is 10.0 Å². The SMILES string of the molecule is O=C1/C(=C\C=C\C2CCCO2)SC(=S)C1NS(=O)(=O)C1CCCCC1. The molecule has 25 heavy (non-hydrogen) atoms. The van der Waals surface area contributed by atoms with Crippen LogP contribution in [0.4, 0.5) is 0 Å². The first-order valence-electron chi connectivity index (χ1n) is 8.74. The van der Waals surface area contributed by atoms with E-state index in [9.17, 15) is 13.2 Å². The number of sulfonamides is 1. The quantitative estimate of drug-likeness (QED) is 0.564. The Morgan fingerprint density at radius 3 is 2.60 bits per heavy atom. The number of Topliss-reactive ketones (excluding diaryl/α,β-unsaturated/α-hetero) is 1. The van der Waals surface area contributed by atoms with Crippen LogP contribution < -0.4 is 4.72 Å². The van der Waals surface area contributed by atoms with Crippen molar-refractivity contribution in [2.24, 2.45) is 0 Å².